The molecule has 0 saturated heterocycles. The van der Waals surface area contributed by atoms with Crippen molar-refractivity contribution in [1.82, 2.24) is 9.97 Å². The highest BCUT2D eigenvalue weighted by atomic mass is 32.2. The second-order valence-corrected chi connectivity index (χ2v) is 8.46. The molecule has 0 aliphatic rings. The third-order valence-electron chi connectivity index (χ3n) is 4.69. The van der Waals surface area contributed by atoms with Gasteiger partial charge in [0.1, 0.15) is 10.6 Å². The number of aromatic carboxylic acids is 1. The lowest BCUT2D eigenvalue weighted by atomic mass is 10.1. The molecule has 9 heteroatoms. The Morgan fingerprint density at radius 1 is 1.00 bits per heavy atom. The van der Waals surface area contributed by atoms with Gasteiger partial charge in [0.25, 0.3) is 10.0 Å². The van der Waals surface area contributed by atoms with E-state index in [1.807, 2.05) is 0 Å². The number of nitrogens with zero attached hydrogens (tertiary/aromatic N) is 2. The van der Waals surface area contributed by atoms with Gasteiger partial charge in [-0.15, -0.1) is 0 Å². The van der Waals surface area contributed by atoms with Gasteiger partial charge >= 0.3 is 5.97 Å². The quantitative estimate of drug-likeness (QED) is 0.438. The van der Waals surface area contributed by atoms with Crippen molar-refractivity contribution in [3.05, 3.63) is 89.9 Å². The molecule has 0 amide bonds. The third kappa shape index (κ3) is 4.61. The first kappa shape index (κ1) is 21.8. The number of nitrogens with one attached hydrogen (secondary N) is 1. The highest BCUT2D eigenvalue weighted by molar-refractivity contribution is 7.93. The number of sulfonamides is 1. The summed E-state index contributed by atoms with van der Waals surface area (Å²) in [5, 5.41) is 9.79. The van der Waals surface area contributed by atoms with Gasteiger partial charge in [-0.2, -0.15) is 0 Å². The number of fused-ring (bicyclic) bond motifs is 1. The van der Waals surface area contributed by atoms with Crippen LogP contribution in [0.2, 0.25) is 0 Å². The highest BCUT2D eigenvalue weighted by Gasteiger charge is 2.19. The number of rotatable bonds is 5. The average molecular weight is 459 g/mol. The van der Waals surface area contributed by atoms with Crippen LogP contribution < -0.4 is 9.46 Å². The molecule has 0 radical (unpaired) electrons. The van der Waals surface area contributed by atoms with E-state index in [1.54, 1.807) is 48.5 Å². The summed E-state index contributed by atoms with van der Waals surface area (Å²) in [7, 11) is -2.56. The molecule has 4 aromatic rings. The van der Waals surface area contributed by atoms with E-state index in [4.69, 9.17) is 9.84 Å². The van der Waals surface area contributed by atoms with Gasteiger partial charge in [0.2, 0.25) is 0 Å². The van der Waals surface area contributed by atoms with Crippen molar-refractivity contribution in [3.63, 3.8) is 0 Å². The summed E-state index contributed by atoms with van der Waals surface area (Å²) in [6, 6.07) is 16.4. The van der Waals surface area contributed by atoms with E-state index in [9.17, 15) is 13.2 Å². The minimum absolute atomic E-state index is 0.0542. The fraction of sp³-hybridized carbons (Fsp3) is 0.0417. The van der Waals surface area contributed by atoms with Crippen molar-refractivity contribution < 1.29 is 23.1 Å². The predicted molar refractivity (Wildman–Crippen MR) is 123 cm³/mol. The first-order valence-corrected chi connectivity index (χ1v) is 11.1. The van der Waals surface area contributed by atoms with Crippen molar-refractivity contribution in [2.75, 3.05) is 11.8 Å². The zero-order valence-electron chi connectivity index (χ0n) is 17.3. The van der Waals surface area contributed by atoms with E-state index >= 15 is 0 Å². The average Bonchev–Trinajstić information content (AvgIpc) is 2.82. The Bertz CT molecular complexity index is 1530. The molecule has 2 aromatic carbocycles. The Morgan fingerprint density at radius 3 is 2.55 bits per heavy atom. The summed E-state index contributed by atoms with van der Waals surface area (Å²) in [6.45, 7) is 0. The number of aromatic nitrogens is 2. The van der Waals surface area contributed by atoms with E-state index < -0.39 is 16.0 Å². The van der Waals surface area contributed by atoms with Crippen LogP contribution in [0, 0.1) is 11.8 Å². The monoisotopic (exact) mass is 459 g/mol. The topological polar surface area (TPSA) is 118 Å². The van der Waals surface area contributed by atoms with Crippen LogP contribution in [0.3, 0.4) is 0 Å². The third-order valence-corrected chi connectivity index (χ3v) is 6.09. The number of para-hydroxylation sites is 2. The molecule has 0 aliphatic heterocycles. The van der Waals surface area contributed by atoms with Crippen LogP contribution in [0.25, 0.3) is 10.9 Å². The van der Waals surface area contributed by atoms with Crippen LogP contribution in [0.4, 0.5) is 5.69 Å². The van der Waals surface area contributed by atoms with E-state index in [-0.39, 0.29) is 22.0 Å². The molecular formula is C24H17N3O5S. The van der Waals surface area contributed by atoms with Crippen LogP contribution in [0.5, 0.6) is 5.75 Å². The number of carboxylic acid groups (broad SMARTS) is 1. The van der Waals surface area contributed by atoms with Gasteiger partial charge in [0.15, 0.2) is 5.69 Å². The van der Waals surface area contributed by atoms with E-state index in [0.29, 0.717) is 22.0 Å². The molecule has 0 bridgehead atoms. The largest absolute Gasteiger partial charge is 0.495 e. The molecule has 8 nitrogen and oxygen atoms in total. The minimum atomic E-state index is -3.96. The summed E-state index contributed by atoms with van der Waals surface area (Å²) in [6.07, 6.45) is 2.83. The molecule has 0 spiro atoms. The number of carbonyl (C=O) groups is 1. The second-order valence-electron chi connectivity index (χ2n) is 6.81. The van der Waals surface area contributed by atoms with Gasteiger partial charge in [-0.3, -0.25) is 9.71 Å². The van der Waals surface area contributed by atoms with Crippen molar-refractivity contribution >= 4 is 32.6 Å². The minimum Gasteiger partial charge on any atom is -0.495 e. The maximum atomic E-state index is 13.2. The number of ether oxygens (including phenoxy) is 1. The summed E-state index contributed by atoms with van der Waals surface area (Å²) >= 11 is 0. The van der Waals surface area contributed by atoms with Gasteiger partial charge in [-0.1, -0.05) is 42.2 Å². The van der Waals surface area contributed by atoms with Crippen LogP contribution in [-0.2, 0) is 10.0 Å². The van der Waals surface area contributed by atoms with E-state index in [0.717, 1.165) is 0 Å². The van der Waals surface area contributed by atoms with Gasteiger partial charge in [0, 0.05) is 29.4 Å². The number of pyridine rings is 2. The van der Waals surface area contributed by atoms with Crippen LogP contribution >= 0.6 is 0 Å². The normalized spacial score (nSPS) is 10.8. The van der Waals surface area contributed by atoms with Gasteiger partial charge in [0.05, 0.1) is 23.9 Å². The standard InChI is InChI=1S/C24H17N3O5S/c1-32-21-14-20(24(28)29)26-15-18(21)12-11-16-6-2-3-9-19(16)27-33(30,31)22-10-4-7-17-8-5-13-25-23(17)22/h2-10,13-15,27H,1H3,(H,28,29). The van der Waals surface area contributed by atoms with Gasteiger partial charge < -0.3 is 9.84 Å². The van der Waals surface area contributed by atoms with Crippen molar-refractivity contribution in [2.24, 2.45) is 0 Å². The molecule has 164 valence electrons. The van der Waals surface area contributed by atoms with Crippen molar-refractivity contribution in [2.45, 2.75) is 4.90 Å². The molecule has 33 heavy (non-hydrogen) atoms. The summed E-state index contributed by atoms with van der Waals surface area (Å²) in [5.74, 6) is 4.83. The molecule has 2 aromatic heterocycles. The summed E-state index contributed by atoms with van der Waals surface area (Å²) in [5.41, 5.74) is 1.25. The van der Waals surface area contributed by atoms with Crippen LogP contribution in [0.1, 0.15) is 21.6 Å². The first-order valence-electron chi connectivity index (χ1n) is 9.64. The summed E-state index contributed by atoms with van der Waals surface area (Å²) < 4.78 is 34.1. The fourth-order valence-electron chi connectivity index (χ4n) is 3.13. The highest BCUT2D eigenvalue weighted by Crippen LogP contribution is 2.25. The van der Waals surface area contributed by atoms with Crippen LogP contribution in [-0.4, -0.2) is 36.6 Å². The number of methoxy groups -OCH3 is 1. The first-order chi connectivity index (χ1) is 15.9. The Labute approximate surface area is 190 Å². The lowest BCUT2D eigenvalue weighted by molar-refractivity contribution is 0.0690. The Hall–Kier alpha value is -4.42. The number of anilines is 1. The number of carboxylic acids is 1. The maximum absolute atomic E-state index is 13.2. The SMILES string of the molecule is COc1cc(C(=O)O)ncc1C#Cc1ccccc1NS(=O)(=O)c1cccc2cccnc12. The molecule has 0 fully saturated rings. The molecule has 4 rings (SSSR count). The molecular weight excluding hydrogens is 442 g/mol. The smallest absolute Gasteiger partial charge is 0.354 e. The Morgan fingerprint density at radius 2 is 1.76 bits per heavy atom. The molecule has 0 aliphatic carbocycles. The zero-order chi connectivity index (χ0) is 23.4. The van der Waals surface area contributed by atoms with E-state index in [2.05, 4.69) is 26.5 Å². The number of hydrogen-bond acceptors (Lipinski definition) is 6. The van der Waals surface area contributed by atoms with Gasteiger partial charge in [-0.05, 0) is 24.3 Å². The molecule has 0 atom stereocenters. The van der Waals surface area contributed by atoms with Crippen molar-refractivity contribution in [1.29, 1.82) is 0 Å². The fourth-order valence-corrected chi connectivity index (χ4v) is 4.39. The number of hydrogen-bond donors (Lipinski definition) is 2. The molecule has 2 N–H and O–H groups in total. The predicted octanol–water partition coefficient (Wildman–Crippen LogP) is 3.54. The molecule has 0 saturated carbocycles. The second kappa shape index (κ2) is 8.98. The lowest BCUT2D eigenvalue weighted by Gasteiger charge is -2.11. The van der Waals surface area contributed by atoms with E-state index in [1.165, 1.54) is 31.6 Å². The lowest BCUT2D eigenvalue weighted by Crippen LogP contribution is -2.14. The van der Waals surface area contributed by atoms with Crippen molar-refractivity contribution in [3.8, 4) is 17.6 Å². The zero-order valence-corrected chi connectivity index (χ0v) is 18.1. The molecule has 2 heterocycles. The Kier molecular flexibility index (Phi) is 5.93. The van der Waals surface area contributed by atoms with Gasteiger partial charge in [-0.25, -0.2) is 18.2 Å². The Balaban J connectivity index is 1.71. The summed E-state index contributed by atoms with van der Waals surface area (Å²) in [4.78, 5) is 19.2. The molecule has 0 unspecified atom stereocenters. The van der Waals surface area contributed by atoms with Crippen LogP contribution in [0.15, 0.2) is 78.0 Å². The maximum Gasteiger partial charge on any atom is 0.354 e. The number of benzene rings is 2.